The number of oxime groups is 1. The van der Waals surface area contributed by atoms with E-state index in [-0.39, 0.29) is 5.60 Å². The highest BCUT2D eigenvalue weighted by Crippen LogP contribution is 2.37. The van der Waals surface area contributed by atoms with Crippen molar-refractivity contribution in [3.05, 3.63) is 23.8 Å². The molecule has 1 aliphatic carbocycles. The van der Waals surface area contributed by atoms with Gasteiger partial charge in [0.2, 0.25) is 0 Å². The van der Waals surface area contributed by atoms with E-state index >= 15 is 0 Å². The second-order valence-corrected chi connectivity index (χ2v) is 6.91. The molecular weight excluding hydrogens is 306 g/mol. The molecule has 4 rings (SSSR count). The smallest absolute Gasteiger partial charge is 0.168 e. The molecule has 0 N–H and O–H groups in total. The average Bonchev–Trinajstić information content (AvgIpc) is 3.33. The molecule has 5 nitrogen and oxygen atoms in total. The van der Waals surface area contributed by atoms with Gasteiger partial charge >= 0.3 is 0 Å². The van der Waals surface area contributed by atoms with E-state index in [1.54, 1.807) is 0 Å². The zero-order valence-electron chi connectivity index (χ0n) is 14.3. The Kier molecular flexibility index (Phi) is 4.35. The van der Waals surface area contributed by atoms with E-state index < -0.39 is 0 Å². The zero-order chi connectivity index (χ0) is 16.4. The fourth-order valence-electron chi connectivity index (χ4n) is 3.72. The van der Waals surface area contributed by atoms with E-state index in [4.69, 9.17) is 19.0 Å². The molecule has 1 unspecified atom stereocenters. The summed E-state index contributed by atoms with van der Waals surface area (Å²) in [6, 6.07) is 6.09. The highest BCUT2D eigenvalue weighted by atomic mass is 16.7. The molecule has 24 heavy (non-hydrogen) atoms. The Labute approximate surface area is 142 Å². The van der Waals surface area contributed by atoms with Gasteiger partial charge in [-0.2, -0.15) is 0 Å². The minimum atomic E-state index is -0.250. The fraction of sp³-hybridized carbons (Fsp3) is 0.632. The van der Waals surface area contributed by atoms with Crippen molar-refractivity contribution in [2.45, 2.75) is 57.2 Å². The summed E-state index contributed by atoms with van der Waals surface area (Å²) >= 11 is 0. The van der Waals surface area contributed by atoms with Gasteiger partial charge in [0, 0.05) is 18.4 Å². The van der Waals surface area contributed by atoms with Crippen LogP contribution in [0.4, 0.5) is 0 Å². The summed E-state index contributed by atoms with van der Waals surface area (Å²) in [5.74, 6) is 1.64. The van der Waals surface area contributed by atoms with Gasteiger partial charge in [-0.1, -0.05) is 5.16 Å². The predicted octanol–water partition coefficient (Wildman–Crippen LogP) is 3.69. The molecular formula is C19H25NO4. The normalized spacial score (nSPS) is 26.6. The molecule has 2 heterocycles. The molecule has 1 aromatic rings. The van der Waals surface area contributed by atoms with Gasteiger partial charge in [0.15, 0.2) is 17.1 Å². The molecule has 2 aliphatic heterocycles. The van der Waals surface area contributed by atoms with Crippen LogP contribution >= 0.6 is 0 Å². The van der Waals surface area contributed by atoms with E-state index in [2.05, 4.69) is 11.2 Å². The third-order valence-electron chi connectivity index (χ3n) is 5.08. The number of benzene rings is 1. The molecule has 1 spiro atoms. The highest BCUT2D eigenvalue weighted by Gasteiger charge is 2.43. The second kappa shape index (κ2) is 6.63. The Morgan fingerprint density at radius 3 is 2.88 bits per heavy atom. The minimum absolute atomic E-state index is 0.250. The Hall–Kier alpha value is -1.75. The van der Waals surface area contributed by atoms with Crippen LogP contribution in [0.5, 0.6) is 11.5 Å². The first-order valence-electron chi connectivity index (χ1n) is 9.05. The van der Waals surface area contributed by atoms with Gasteiger partial charge in [-0.15, -0.1) is 0 Å². The van der Waals surface area contributed by atoms with Gasteiger partial charge in [0.25, 0.3) is 0 Å². The first-order valence-corrected chi connectivity index (χ1v) is 9.05. The second-order valence-electron chi connectivity index (χ2n) is 6.91. The van der Waals surface area contributed by atoms with Crippen molar-refractivity contribution in [2.24, 2.45) is 5.16 Å². The molecule has 0 amide bonds. The molecule has 2 fully saturated rings. The molecule has 5 heteroatoms. The SMILES string of the molecule is CCOc1ccc(C2=NOC3(CCOC3)C2)cc1OC1CCCC1. The Bertz CT molecular complexity index is 616. The average molecular weight is 331 g/mol. The number of nitrogens with zero attached hydrogens (tertiary/aromatic N) is 1. The molecule has 1 saturated carbocycles. The summed E-state index contributed by atoms with van der Waals surface area (Å²) in [6.07, 6.45) is 6.75. The Morgan fingerprint density at radius 1 is 1.25 bits per heavy atom. The summed E-state index contributed by atoms with van der Waals surface area (Å²) in [5, 5.41) is 4.33. The van der Waals surface area contributed by atoms with Gasteiger partial charge < -0.3 is 19.0 Å². The Balaban J connectivity index is 1.55. The van der Waals surface area contributed by atoms with E-state index in [1.165, 1.54) is 12.8 Å². The van der Waals surface area contributed by atoms with Crippen LogP contribution in [0, 0.1) is 0 Å². The van der Waals surface area contributed by atoms with Gasteiger partial charge in [-0.3, -0.25) is 0 Å². The lowest BCUT2D eigenvalue weighted by molar-refractivity contribution is -0.0237. The number of hydrogen-bond acceptors (Lipinski definition) is 5. The highest BCUT2D eigenvalue weighted by molar-refractivity contribution is 6.02. The standard InChI is InChI=1S/C19H25NO4/c1-2-22-17-8-7-14(11-18(17)23-15-5-3-4-6-15)16-12-19(24-20-16)9-10-21-13-19/h7-8,11,15H,2-6,9-10,12-13H2,1H3. The lowest BCUT2D eigenvalue weighted by Gasteiger charge is -2.18. The molecule has 0 bridgehead atoms. The first-order chi connectivity index (χ1) is 11.8. The van der Waals surface area contributed by atoms with Crippen molar-refractivity contribution in [3.63, 3.8) is 0 Å². The van der Waals surface area contributed by atoms with Crippen molar-refractivity contribution < 1.29 is 19.0 Å². The van der Waals surface area contributed by atoms with Crippen LogP contribution in [0.2, 0.25) is 0 Å². The van der Waals surface area contributed by atoms with Crippen molar-refractivity contribution in [1.29, 1.82) is 0 Å². The number of rotatable bonds is 5. The molecule has 130 valence electrons. The maximum absolute atomic E-state index is 6.23. The van der Waals surface area contributed by atoms with Gasteiger partial charge in [-0.25, -0.2) is 0 Å². The van der Waals surface area contributed by atoms with Crippen LogP contribution < -0.4 is 9.47 Å². The summed E-state index contributed by atoms with van der Waals surface area (Å²) in [5.41, 5.74) is 1.77. The summed E-state index contributed by atoms with van der Waals surface area (Å²) < 4.78 is 17.5. The van der Waals surface area contributed by atoms with Crippen molar-refractivity contribution >= 4 is 5.71 Å². The van der Waals surface area contributed by atoms with Crippen LogP contribution in [-0.4, -0.2) is 37.2 Å². The first kappa shape index (κ1) is 15.8. The molecule has 1 saturated heterocycles. The molecule has 0 aromatic heterocycles. The largest absolute Gasteiger partial charge is 0.490 e. The van der Waals surface area contributed by atoms with E-state index in [1.807, 2.05) is 19.1 Å². The topological polar surface area (TPSA) is 49.3 Å². The maximum Gasteiger partial charge on any atom is 0.168 e. The van der Waals surface area contributed by atoms with Crippen LogP contribution in [0.15, 0.2) is 23.4 Å². The van der Waals surface area contributed by atoms with E-state index in [0.717, 1.165) is 55.1 Å². The molecule has 3 aliphatic rings. The lowest BCUT2D eigenvalue weighted by atomic mass is 9.93. The summed E-state index contributed by atoms with van der Waals surface area (Å²) in [4.78, 5) is 5.71. The third-order valence-corrected chi connectivity index (χ3v) is 5.08. The fourth-order valence-corrected chi connectivity index (χ4v) is 3.72. The van der Waals surface area contributed by atoms with Gasteiger partial charge in [0.1, 0.15) is 0 Å². The van der Waals surface area contributed by atoms with Crippen LogP contribution in [-0.2, 0) is 9.57 Å². The van der Waals surface area contributed by atoms with Crippen LogP contribution in [0.25, 0.3) is 0 Å². The summed E-state index contributed by atoms with van der Waals surface area (Å²) in [6.45, 7) is 4.00. The van der Waals surface area contributed by atoms with Gasteiger partial charge in [0.05, 0.1) is 31.6 Å². The summed E-state index contributed by atoms with van der Waals surface area (Å²) in [7, 11) is 0. The van der Waals surface area contributed by atoms with Gasteiger partial charge in [-0.05, 0) is 50.8 Å². The van der Waals surface area contributed by atoms with Crippen molar-refractivity contribution in [2.75, 3.05) is 19.8 Å². The minimum Gasteiger partial charge on any atom is -0.490 e. The Morgan fingerprint density at radius 2 is 2.12 bits per heavy atom. The molecule has 1 aromatic carbocycles. The lowest BCUT2D eigenvalue weighted by Crippen LogP contribution is -2.29. The van der Waals surface area contributed by atoms with Crippen LogP contribution in [0.1, 0.15) is 51.0 Å². The maximum atomic E-state index is 6.23. The number of ether oxygens (including phenoxy) is 3. The third kappa shape index (κ3) is 3.09. The molecule has 1 atom stereocenters. The van der Waals surface area contributed by atoms with Crippen LogP contribution in [0.3, 0.4) is 0 Å². The predicted molar refractivity (Wildman–Crippen MR) is 90.9 cm³/mol. The van der Waals surface area contributed by atoms with Crippen molar-refractivity contribution in [3.8, 4) is 11.5 Å². The monoisotopic (exact) mass is 331 g/mol. The number of hydrogen-bond donors (Lipinski definition) is 0. The quantitative estimate of drug-likeness (QED) is 0.826. The molecule has 0 radical (unpaired) electrons. The van der Waals surface area contributed by atoms with Crippen molar-refractivity contribution in [1.82, 2.24) is 0 Å². The van der Waals surface area contributed by atoms with E-state index in [9.17, 15) is 0 Å². The zero-order valence-corrected chi connectivity index (χ0v) is 14.3. The van der Waals surface area contributed by atoms with E-state index in [0.29, 0.717) is 19.3 Å².